The monoisotopic (exact) mass is 199 g/mol. The fourth-order valence-corrected chi connectivity index (χ4v) is 2.13. The first-order valence-electron chi connectivity index (χ1n) is 4.54. The van der Waals surface area contributed by atoms with Gasteiger partial charge >= 0.3 is 0 Å². The highest BCUT2D eigenvalue weighted by molar-refractivity contribution is 7.71. The molecule has 0 aromatic carbocycles. The number of rotatable bonds is 2. The van der Waals surface area contributed by atoms with Gasteiger partial charge in [-0.15, -0.1) is 5.10 Å². The molecule has 0 amide bonds. The van der Waals surface area contributed by atoms with Gasteiger partial charge in [0.15, 0.2) is 0 Å². The van der Waals surface area contributed by atoms with E-state index >= 15 is 0 Å². The highest BCUT2D eigenvalue weighted by Gasteiger charge is 2.30. The Bertz CT molecular complexity index is 332. The van der Waals surface area contributed by atoms with Crippen molar-refractivity contribution in [2.75, 3.05) is 7.05 Å². The largest absolute Gasteiger partial charge is 0.414 e. The first-order chi connectivity index (χ1) is 6.31. The van der Waals surface area contributed by atoms with Crippen molar-refractivity contribution >= 4 is 12.2 Å². The van der Waals surface area contributed by atoms with E-state index in [4.69, 9.17) is 16.6 Å². The first kappa shape index (κ1) is 8.90. The van der Waals surface area contributed by atoms with Crippen LogP contribution < -0.4 is 5.32 Å². The molecule has 13 heavy (non-hydrogen) atoms. The molecule has 0 radical (unpaired) electrons. The molecule has 5 heteroatoms. The molecule has 1 heterocycles. The van der Waals surface area contributed by atoms with E-state index in [0.29, 0.717) is 16.8 Å². The first-order valence-corrected chi connectivity index (χ1v) is 4.95. The lowest BCUT2D eigenvalue weighted by Gasteiger charge is -2.14. The van der Waals surface area contributed by atoms with Gasteiger partial charge in [0.05, 0.1) is 5.92 Å². The normalized spacial score (nSPS) is 28.1. The molecule has 72 valence electrons. The SMILES string of the molecule is CNC1CCCC1c1n[nH]c(=S)o1. The van der Waals surface area contributed by atoms with E-state index in [1.165, 1.54) is 12.8 Å². The maximum Gasteiger partial charge on any atom is 0.284 e. The quantitative estimate of drug-likeness (QED) is 0.710. The summed E-state index contributed by atoms with van der Waals surface area (Å²) in [7, 11) is 1.98. The van der Waals surface area contributed by atoms with Gasteiger partial charge in [-0.2, -0.15) is 0 Å². The lowest BCUT2D eigenvalue weighted by molar-refractivity contribution is 0.398. The Morgan fingerprint density at radius 2 is 2.46 bits per heavy atom. The summed E-state index contributed by atoms with van der Waals surface area (Å²) in [6.45, 7) is 0. The number of nitrogens with zero attached hydrogens (tertiary/aromatic N) is 1. The molecule has 1 fully saturated rings. The third-order valence-corrected chi connectivity index (χ3v) is 2.83. The molecule has 1 saturated carbocycles. The predicted molar refractivity (Wildman–Crippen MR) is 51.1 cm³/mol. The number of aromatic nitrogens is 2. The molecule has 0 aliphatic heterocycles. The summed E-state index contributed by atoms with van der Waals surface area (Å²) >= 11 is 4.84. The summed E-state index contributed by atoms with van der Waals surface area (Å²) in [5.74, 6) is 1.14. The molecule has 2 atom stereocenters. The molecule has 2 unspecified atom stereocenters. The molecule has 1 aliphatic carbocycles. The topological polar surface area (TPSA) is 53.9 Å². The minimum atomic E-state index is 0.372. The lowest BCUT2D eigenvalue weighted by Crippen LogP contribution is -2.27. The molecule has 4 nitrogen and oxygen atoms in total. The zero-order valence-electron chi connectivity index (χ0n) is 7.54. The molecule has 2 N–H and O–H groups in total. The number of aromatic amines is 1. The molecular weight excluding hydrogens is 186 g/mol. The van der Waals surface area contributed by atoms with Gasteiger partial charge in [-0.25, -0.2) is 5.10 Å². The fourth-order valence-electron chi connectivity index (χ4n) is 2.00. The van der Waals surface area contributed by atoms with Crippen molar-refractivity contribution in [1.82, 2.24) is 15.5 Å². The number of hydrogen-bond donors (Lipinski definition) is 2. The average molecular weight is 199 g/mol. The Kier molecular flexibility index (Phi) is 2.46. The van der Waals surface area contributed by atoms with E-state index in [-0.39, 0.29) is 0 Å². The van der Waals surface area contributed by atoms with Crippen LogP contribution in [0.3, 0.4) is 0 Å². The maximum absolute atomic E-state index is 5.31. The van der Waals surface area contributed by atoms with Gasteiger partial charge in [0.2, 0.25) is 5.89 Å². The third-order valence-electron chi connectivity index (χ3n) is 2.66. The van der Waals surface area contributed by atoms with Crippen LogP contribution in [0.4, 0.5) is 0 Å². The number of H-pyrrole nitrogens is 1. The summed E-state index contributed by atoms with van der Waals surface area (Å²) in [5.41, 5.74) is 0. The van der Waals surface area contributed by atoms with Gasteiger partial charge in [-0.05, 0) is 32.1 Å². The Morgan fingerprint density at radius 1 is 1.62 bits per heavy atom. The van der Waals surface area contributed by atoms with E-state index in [1.54, 1.807) is 0 Å². The zero-order valence-corrected chi connectivity index (χ0v) is 8.36. The molecule has 0 spiro atoms. The van der Waals surface area contributed by atoms with E-state index in [0.717, 1.165) is 12.3 Å². The van der Waals surface area contributed by atoms with Crippen molar-refractivity contribution in [3.05, 3.63) is 10.7 Å². The van der Waals surface area contributed by atoms with Crippen molar-refractivity contribution in [1.29, 1.82) is 0 Å². The van der Waals surface area contributed by atoms with Crippen LogP contribution in [0.15, 0.2) is 4.42 Å². The van der Waals surface area contributed by atoms with Crippen LogP contribution in [0.1, 0.15) is 31.1 Å². The van der Waals surface area contributed by atoms with Crippen molar-refractivity contribution < 1.29 is 4.42 Å². The van der Waals surface area contributed by atoms with Crippen LogP contribution >= 0.6 is 12.2 Å². The Hall–Kier alpha value is -0.680. The maximum atomic E-state index is 5.31. The van der Waals surface area contributed by atoms with Crippen LogP contribution in [-0.2, 0) is 0 Å². The van der Waals surface area contributed by atoms with E-state index in [1.807, 2.05) is 7.05 Å². The summed E-state index contributed by atoms with van der Waals surface area (Å²) in [6.07, 6.45) is 3.55. The molecule has 1 aliphatic rings. The van der Waals surface area contributed by atoms with E-state index < -0.39 is 0 Å². The highest BCUT2D eigenvalue weighted by atomic mass is 32.1. The Morgan fingerprint density at radius 3 is 3.08 bits per heavy atom. The number of nitrogens with one attached hydrogen (secondary N) is 2. The van der Waals surface area contributed by atoms with Crippen LogP contribution in [0.5, 0.6) is 0 Å². The second kappa shape index (κ2) is 3.59. The second-order valence-corrected chi connectivity index (χ2v) is 3.75. The summed E-state index contributed by atoms with van der Waals surface area (Å²) in [4.78, 5) is 0.372. The third kappa shape index (κ3) is 1.66. The van der Waals surface area contributed by atoms with E-state index in [2.05, 4.69) is 15.5 Å². The molecule has 1 aromatic heterocycles. The summed E-state index contributed by atoms with van der Waals surface area (Å²) in [5, 5.41) is 9.99. The van der Waals surface area contributed by atoms with Crippen molar-refractivity contribution in [3.63, 3.8) is 0 Å². The second-order valence-electron chi connectivity index (χ2n) is 3.38. The lowest BCUT2D eigenvalue weighted by atomic mass is 10.0. The molecule has 2 rings (SSSR count). The van der Waals surface area contributed by atoms with Gasteiger partial charge in [0, 0.05) is 6.04 Å². The van der Waals surface area contributed by atoms with Gasteiger partial charge in [0.1, 0.15) is 0 Å². The van der Waals surface area contributed by atoms with Crippen molar-refractivity contribution in [2.24, 2.45) is 0 Å². The predicted octanol–water partition coefficient (Wildman–Crippen LogP) is 1.59. The highest BCUT2D eigenvalue weighted by Crippen LogP contribution is 2.33. The Labute approximate surface area is 81.7 Å². The molecule has 0 bridgehead atoms. The van der Waals surface area contributed by atoms with Crippen molar-refractivity contribution in [2.45, 2.75) is 31.2 Å². The standard InChI is InChI=1S/C8H13N3OS/c1-9-6-4-2-3-5(6)7-10-11-8(13)12-7/h5-6,9H,2-4H2,1H3,(H,11,13). The number of hydrogen-bond acceptors (Lipinski definition) is 4. The van der Waals surface area contributed by atoms with Crippen LogP contribution in [-0.4, -0.2) is 23.3 Å². The fraction of sp³-hybridized carbons (Fsp3) is 0.750. The smallest absolute Gasteiger partial charge is 0.284 e. The van der Waals surface area contributed by atoms with Gasteiger partial charge in [-0.1, -0.05) is 6.42 Å². The zero-order chi connectivity index (χ0) is 9.26. The number of likely N-dealkylation sites (N-methyl/N-ethyl adjacent to an activating group) is 1. The molecular formula is C8H13N3OS. The van der Waals surface area contributed by atoms with E-state index in [9.17, 15) is 0 Å². The van der Waals surface area contributed by atoms with Gasteiger partial charge in [-0.3, -0.25) is 0 Å². The van der Waals surface area contributed by atoms with Crippen LogP contribution in [0.25, 0.3) is 0 Å². The molecule has 1 aromatic rings. The van der Waals surface area contributed by atoms with Crippen LogP contribution in [0, 0.1) is 4.84 Å². The summed E-state index contributed by atoms with van der Waals surface area (Å²) < 4.78 is 5.31. The minimum Gasteiger partial charge on any atom is -0.414 e. The van der Waals surface area contributed by atoms with Crippen molar-refractivity contribution in [3.8, 4) is 0 Å². The minimum absolute atomic E-state index is 0.372. The Balaban J connectivity index is 2.20. The van der Waals surface area contributed by atoms with Crippen LogP contribution in [0.2, 0.25) is 0 Å². The summed E-state index contributed by atoms with van der Waals surface area (Å²) in [6, 6.07) is 0.487. The molecule has 0 saturated heterocycles. The van der Waals surface area contributed by atoms with Gasteiger partial charge in [0.25, 0.3) is 4.84 Å². The average Bonchev–Trinajstić information content (AvgIpc) is 2.71. The van der Waals surface area contributed by atoms with Gasteiger partial charge < -0.3 is 9.73 Å².